The number of hydrogen-bond acceptors (Lipinski definition) is 3. The monoisotopic (exact) mass is 361 g/mol. The molecular weight excluding hydrogens is 342 g/mol. The van der Waals surface area contributed by atoms with Crippen LogP contribution in [0.25, 0.3) is 0 Å². The number of likely N-dealkylation sites (tertiary alicyclic amines) is 1. The van der Waals surface area contributed by atoms with Gasteiger partial charge in [-0.2, -0.15) is 5.10 Å². The minimum Gasteiger partial charge on any atom is -0.478 e. The van der Waals surface area contributed by atoms with Crippen molar-refractivity contribution < 1.29 is 14.7 Å². The van der Waals surface area contributed by atoms with Gasteiger partial charge in [-0.15, -0.1) is 0 Å². The lowest BCUT2D eigenvalue weighted by Gasteiger charge is -2.15. The summed E-state index contributed by atoms with van der Waals surface area (Å²) in [4.78, 5) is 25.3. The molecule has 3 rings (SSSR count). The fourth-order valence-electron chi connectivity index (χ4n) is 3.17. The Labute approximate surface area is 151 Å². The predicted molar refractivity (Wildman–Crippen MR) is 94.1 cm³/mol. The Bertz CT molecular complexity index is 814. The molecule has 1 fully saturated rings. The largest absolute Gasteiger partial charge is 0.478 e. The smallest absolute Gasteiger partial charge is 0.335 e. The number of benzene rings is 1. The molecule has 1 saturated heterocycles. The van der Waals surface area contributed by atoms with Crippen LogP contribution in [0.5, 0.6) is 0 Å². The van der Waals surface area contributed by atoms with E-state index in [0.29, 0.717) is 29.7 Å². The standard InChI is InChI=1S/C18H20ClN3O3/c1-11-15(19)16(20-21(11)2)17(23)22-8-7-13(10-22)9-12-3-5-14(6-4-12)18(24)25/h3-6,13H,7-10H2,1-2H3,(H,24,25)/t13-/m1/s1. The zero-order valence-corrected chi connectivity index (χ0v) is 15.0. The molecule has 0 spiro atoms. The fourth-order valence-corrected chi connectivity index (χ4v) is 3.41. The summed E-state index contributed by atoms with van der Waals surface area (Å²) in [5, 5.41) is 13.6. The van der Waals surface area contributed by atoms with Gasteiger partial charge in [0, 0.05) is 20.1 Å². The van der Waals surface area contributed by atoms with Gasteiger partial charge in [-0.05, 0) is 43.4 Å². The first kappa shape index (κ1) is 17.5. The van der Waals surface area contributed by atoms with E-state index < -0.39 is 5.97 Å². The summed E-state index contributed by atoms with van der Waals surface area (Å²) >= 11 is 6.22. The van der Waals surface area contributed by atoms with Gasteiger partial charge in [-0.1, -0.05) is 23.7 Å². The number of rotatable bonds is 4. The maximum Gasteiger partial charge on any atom is 0.335 e. The van der Waals surface area contributed by atoms with Crippen LogP contribution in [0.2, 0.25) is 5.02 Å². The summed E-state index contributed by atoms with van der Waals surface area (Å²) < 4.78 is 1.62. The molecule has 132 valence electrons. The van der Waals surface area contributed by atoms with Gasteiger partial charge in [0.2, 0.25) is 0 Å². The third kappa shape index (κ3) is 3.54. The highest BCUT2D eigenvalue weighted by Crippen LogP contribution is 2.26. The molecule has 1 N–H and O–H groups in total. The zero-order chi connectivity index (χ0) is 18.1. The summed E-state index contributed by atoms with van der Waals surface area (Å²) in [5.41, 5.74) is 2.45. The van der Waals surface area contributed by atoms with Gasteiger partial charge in [0.25, 0.3) is 5.91 Å². The normalized spacial score (nSPS) is 17.1. The number of amides is 1. The van der Waals surface area contributed by atoms with E-state index in [1.165, 1.54) is 0 Å². The second-order valence-electron chi connectivity index (χ2n) is 6.48. The number of carbonyl (C=O) groups is 2. The Morgan fingerprint density at radius 3 is 2.56 bits per heavy atom. The highest BCUT2D eigenvalue weighted by atomic mass is 35.5. The number of aryl methyl sites for hydroxylation is 1. The predicted octanol–water partition coefficient (Wildman–Crippen LogP) is 2.78. The lowest BCUT2D eigenvalue weighted by Crippen LogP contribution is -2.29. The summed E-state index contributed by atoms with van der Waals surface area (Å²) in [6.07, 6.45) is 1.73. The fraction of sp³-hybridized carbons (Fsp3) is 0.389. The first-order chi connectivity index (χ1) is 11.9. The first-order valence-electron chi connectivity index (χ1n) is 8.17. The van der Waals surface area contributed by atoms with Gasteiger partial charge >= 0.3 is 5.97 Å². The summed E-state index contributed by atoms with van der Waals surface area (Å²) in [6, 6.07) is 6.91. The van der Waals surface area contributed by atoms with E-state index in [2.05, 4.69) is 5.10 Å². The van der Waals surface area contributed by atoms with Gasteiger partial charge in [0.15, 0.2) is 5.69 Å². The average Bonchev–Trinajstić information content (AvgIpc) is 3.15. The molecule has 0 saturated carbocycles. The third-order valence-electron chi connectivity index (χ3n) is 4.76. The van der Waals surface area contributed by atoms with Crippen molar-refractivity contribution in [3.8, 4) is 0 Å². The van der Waals surface area contributed by atoms with Crippen molar-refractivity contribution in [2.24, 2.45) is 13.0 Å². The minimum absolute atomic E-state index is 0.127. The Morgan fingerprint density at radius 1 is 1.32 bits per heavy atom. The van der Waals surface area contributed by atoms with Crippen molar-refractivity contribution in [1.82, 2.24) is 14.7 Å². The van der Waals surface area contributed by atoms with Crippen molar-refractivity contribution in [1.29, 1.82) is 0 Å². The minimum atomic E-state index is -0.924. The lowest BCUT2D eigenvalue weighted by atomic mass is 9.98. The Kier molecular flexibility index (Phi) is 4.81. The molecule has 2 heterocycles. The highest BCUT2D eigenvalue weighted by molar-refractivity contribution is 6.34. The van der Waals surface area contributed by atoms with Crippen LogP contribution in [-0.2, 0) is 13.5 Å². The molecule has 7 heteroatoms. The molecule has 0 radical (unpaired) electrons. The number of carboxylic acids is 1. The van der Waals surface area contributed by atoms with Gasteiger partial charge in [0.05, 0.1) is 16.3 Å². The van der Waals surface area contributed by atoms with Crippen LogP contribution >= 0.6 is 11.6 Å². The van der Waals surface area contributed by atoms with E-state index in [9.17, 15) is 9.59 Å². The summed E-state index contributed by atoms with van der Waals surface area (Å²) in [5.74, 6) is -0.702. The van der Waals surface area contributed by atoms with E-state index in [1.807, 2.05) is 19.1 Å². The first-order valence-corrected chi connectivity index (χ1v) is 8.55. The van der Waals surface area contributed by atoms with E-state index in [1.54, 1.807) is 28.8 Å². The molecule has 0 unspecified atom stereocenters. The van der Waals surface area contributed by atoms with Gasteiger partial charge < -0.3 is 10.0 Å². The zero-order valence-electron chi connectivity index (χ0n) is 14.2. The number of carbonyl (C=O) groups excluding carboxylic acids is 1. The van der Waals surface area contributed by atoms with Crippen LogP contribution in [0.1, 0.15) is 38.5 Å². The maximum atomic E-state index is 12.7. The molecule has 1 atom stereocenters. The summed E-state index contributed by atoms with van der Waals surface area (Å²) in [7, 11) is 1.77. The van der Waals surface area contributed by atoms with Crippen LogP contribution in [0.15, 0.2) is 24.3 Å². The van der Waals surface area contributed by atoms with Gasteiger partial charge in [0.1, 0.15) is 0 Å². The van der Waals surface area contributed by atoms with Crippen molar-refractivity contribution in [2.75, 3.05) is 13.1 Å². The van der Waals surface area contributed by atoms with E-state index >= 15 is 0 Å². The molecule has 1 aromatic carbocycles. The summed E-state index contributed by atoms with van der Waals surface area (Å²) in [6.45, 7) is 3.17. The SMILES string of the molecule is Cc1c(Cl)c(C(=O)N2CC[C@H](Cc3ccc(C(=O)O)cc3)C2)nn1C. The van der Waals surface area contributed by atoms with Crippen LogP contribution in [-0.4, -0.2) is 44.8 Å². The quantitative estimate of drug-likeness (QED) is 0.908. The van der Waals surface area contributed by atoms with Gasteiger partial charge in [-0.25, -0.2) is 4.79 Å². The Balaban J connectivity index is 1.64. The van der Waals surface area contributed by atoms with E-state index in [0.717, 1.165) is 24.1 Å². The van der Waals surface area contributed by atoms with Crippen molar-refractivity contribution in [2.45, 2.75) is 19.8 Å². The van der Waals surface area contributed by atoms with Crippen molar-refractivity contribution in [3.63, 3.8) is 0 Å². The molecule has 1 amide bonds. The second-order valence-corrected chi connectivity index (χ2v) is 6.86. The number of hydrogen-bond donors (Lipinski definition) is 1. The van der Waals surface area contributed by atoms with Crippen LogP contribution in [0.4, 0.5) is 0 Å². The van der Waals surface area contributed by atoms with Crippen LogP contribution in [0.3, 0.4) is 0 Å². The van der Waals surface area contributed by atoms with Crippen LogP contribution in [0, 0.1) is 12.8 Å². The van der Waals surface area contributed by atoms with Crippen molar-refractivity contribution in [3.05, 3.63) is 51.8 Å². The Hall–Kier alpha value is -2.34. The Morgan fingerprint density at radius 2 is 2.00 bits per heavy atom. The molecule has 6 nitrogen and oxygen atoms in total. The lowest BCUT2D eigenvalue weighted by molar-refractivity contribution is 0.0696. The van der Waals surface area contributed by atoms with Crippen LogP contribution < -0.4 is 0 Å². The topological polar surface area (TPSA) is 75.4 Å². The van der Waals surface area contributed by atoms with E-state index in [-0.39, 0.29) is 11.5 Å². The third-order valence-corrected chi connectivity index (χ3v) is 5.21. The number of nitrogens with zero attached hydrogens (tertiary/aromatic N) is 3. The van der Waals surface area contributed by atoms with Gasteiger partial charge in [-0.3, -0.25) is 9.48 Å². The number of aromatic carboxylic acids is 1. The molecule has 2 aromatic rings. The molecule has 0 bridgehead atoms. The molecule has 1 aliphatic heterocycles. The number of carboxylic acid groups (broad SMARTS) is 1. The second kappa shape index (κ2) is 6.88. The molecule has 1 aliphatic rings. The molecule has 0 aliphatic carbocycles. The average molecular weight is 362 g/mol. The molecule has 1 aromatic heterocycles. The van der Waals surface area contributed by atoms with E-state index in [4.69, 9.17) is 16.7 Å². The molecule has 25 heavy (non-hydrogen) atoms. The number of halogens is 1. The van der Waals surface area contributed by atoms with Crippen molar-refractivity contribution >= 4 is 23.5 Å². The number of aromatic nitrogens is 2. The highest BCUT2D eigenvalue weighted by Gasteiger charge is 2.30. The molecular formula is C18H20ClN3O3. The maximum absolute atomic E-state index is 12.7.